The molecule has 1 saturated heterocycles. The fourth-order valence-electron chi connectivity index (χ4n) is 3.69. The number of carbonyl (C=O) groups excluding carboxylic acids is 1. The molecule has 0 bridgehead atoms. The summed E-state index contributed by atoms with van der Waals surface area (Å²) in [5.74, 6) is -0.0855. The molecule has 0 aliphatic carbocycles. The Kier molecular flexibility index (Phi) is 4.66. The Morgan fingerprint density at radius 2 is 1.80 bits per heavy atom. The van der Waals surface area contributed by atoms with E-state index in [2.05, 4.69) is 5.32 Å². The van der Waals surface area contributed by atoms with Crippen molar-refractivity contribution in [3.8, 4) is 0 Å². The highest BCUT2D eigenvalue weighted by atomic mass is 19.4. The number of benzene rings is 1. The van der Waals surface area contributed by atoms with Gasteiger partial charge in [-0.2, -0.15) is 13.2 Å². The van der Waals surface area contributed by atoms with Gasteiger partial charge in [0.1, 0.15) is 0 Å². The number of nitrogens with zero attached hydrogens (tertiary/aromatic N) is 1. The molecule has 2 heterocycles. The third-order valence-corrected chi connectivity index (χ3v) is 4.90. The number of alkyl halides is 3. The van der Waals surface area contributed by atoms with E-state index in [-0.39, 0.29) is 23.3 Å². The van der Waals surface area contributed by atoms with Gasteiger partial charge >= 0.3 is 6.18 Å². The van der Waals surface area contributed by atoms with Crippen LogP contribution in [-0.2, 0) is 11.0 Å². The van der Waals surface area contributed by atoms with E-state index in [1.165, 1.54) is 12.1 Å². The minimum absolute atomic E-state index is 0.0855. The van der Waals surface area contributed by atoms with Crippen LogP contribution in [0.4, 0.5) is 13.2 Å². The number of hydrogen-bond acceptors (Lipinski definition) is 3. The van der Waals surface area contributed by atoms with Crippen molar-refractivity contribution in [2.24, 2.45) is 0 Å². The minimum atomic E-state index is -4.44. The minimum Gasteiger partial charge on any atom is -0.385 e. The second-order valence-electron chi connectivity index (χ2n) is 7.46. The van der Waals surface area contributed by atoms with Crippen LogP contribution in [0.15, 0.2) is 36.0 Å². The molecule has 1 aromatic rings. The summed E-state index contributed by atoms with van der Waals surface area (Å²) in [6, 6.07) is 4.95. The predicted octanol–water partition coefficient (Wildman–Crippen LogP) is 4.07. The molecule has 2 aliphatic rings. The van der Waals surface area contributed by atoms with Gasteiger partial charge in [0.25, 0.3) is 0 Å². The Morgan fingerprint density at radius 1 is 1.16 bits per heavy atom. The highest BCUT2D eigenvalue weighted by Gasteiger charge is 2.41. The first-order valence-electron chi connectivity index (χ1n) is 8.60. The van der Waals surface area contributed by atoms with Crippen molar-refractivity contribution >= 4 is 5.78 Å². The van der Waals surface area contributed by atoms with E-state index in [9.17, 15) is 18.0 Å². The summed E-state index contributed by atoms with van der Waals surface area (Å²) in [4.78, 5) is 14.7. The van der Waals surface area contributed by atoms with Gasteiger partial charge in [0.15, 0.2) is 5.78 Å². The van der Waals surface area contributed by atoms with Gasteiger partial charge in [0.05, 0.1) is 11.6 Å². The lowest BCUT2D eigenvalue weighted by Crippen LogP contribution is -2.44. The number of likely N-dealkylation sites (tertiary alicyclic amines) is 1. The zero-order chi connectivity index (χ0) is 18.2. The van der Waals surface area contributed by atoms with Crippen LogP contribution in [0.1, 0.15) is 50.3 Å². The number of rotatable bonds is 3. The summed E-state index contributed by atoms with van der Waals surface area (Å²) < 4.78 is 40.6. The van der Waals surface area contributed by atoms with Crippen molar-refractivity contribution in [3.63, 3.8) is 0 Å². The lowest BCUT2D eigenvalue weighted by atomic mass is 9.84. The second-order valence-corrected chi connectivity index (χ2v) is 7.46. The van der Waals surface area contributed by atoms with Gasteiger partial charge < -0.3 is 5.32 Å². The molecular weight excluding hydrogens is 329 g/mol. The fraction of sp³-hybridized carbons (Fsp3) is 0.526. The van der Waals surface area contributed by atoms with Crippen LogP contribution in [0, 0.1) is 0 Å². The molecule has 25 heavy (non-hydrogen) atoms. The molecule has 1 fully saturated rings. The molecule has 0 saturated carbocycles. The molecule has 3 rings (SSSR count). The molecular formula is C19H23F3N2O. The summed E-state index contributed by atoms with van der Waals surface area (Å²) in [6.07, 6.45) is -0.672. The molecule has 6 heteroatoms. The molecule has 0 aromatic heterocycles. The van der Waals surface area contributed by atoms with Crippen molar-refractivity contribution in [1.29, 1.82) is 0 Å². The maximum Gasteiger partial charge on any atom is 0.416 e. The number of carbonyl (C=O) groups is 1. The van der Waals surface area contributed by atoms with Crippen molar-refractivity contribution in [2.75, 3.05) is 13.1 Å². The second kappa shape index (κ2) is 6.48. The van der Waals surface area contributed by atoms with Gasteiger partial charge in [-0.15, -0.1) is 0 Å². The molecule has 0 spiro atoms. The number of nitrogens with one attached hydrogen (secondary N) is 1. The van der Waals surface area contributed by atoms with Crippen LogP contribution < -0.4 is 5.32 Å². The van der Waals surface area contributed by atoms with Gasteiger partial charge in [-0.3, -0.25) is 9.69 Å². The smallest absolute Gasteiger partial charge is 0.385 e. The molecule has 1 unspecified atom stereocenters. The van der Waals surface area contributed by atoms with E-state index in [1.807, 2.05) is 18.7 Å². The first-order valence-corrected chi connectivity index (χ1v) is 8.60. The first-order chi connectivity index (χ1) is 11.7. The quantitative estimate of drug-likeness (QED) is 0.890. The Bertz CT molecular complexity index is 688. The molecule has 3 nitrogen and oxygen atoms in total. The van der Waals surface area contributed by atoms with Gasteiger partial charge in [0, 0.05) is 23.7 Å². The number of Topliss-reactive ketones (excluding diaryl/α,β-unsaturated/α-hetero) is 1. The lowest BCUT2D eigenvalue weighted by molar-refractivity contribution is -0.138. The third kappa shape index (κ3) is 3.73. The Morgan fingerprint density at radius 3 is 2.40 bits per heavy atom. The van der Waals surface area contributed by atoms with Gasteiger partial charge in [-0.05, 0) is 51.4 Å². The maximum absolute atomic E-state index is 13.5. The van der Waals surface area contributed by atoms with Crippen LogP contribution in [0.25, 0.3) is 0 Å². The summed E-state index contributed by atoms with van der Waals surface area (Å²) in [5.41, 5.74) is -0.443. The van der Waals surface area contributed by atoms with Gasteiger partial charge in [-0.1, -0.05) is 18.2 Å². The average Bonchev–Trinajstić information content (AvgIpc) is 3.03. The van der Waals surface area contributed by atoms with Crippen LogP contribution in [0.3, 0.4) is 0 Å². The monoisotopic (exact) mass is 352 g/mol. The van der Waals surface area contributed by atoms with Crippen molar-refractivity contribution in [3.05, 3.63) is 47.2 Å². The first kappa shape index (κ1) is 18.0. The lowest BCUT2D eigenvalue weighted by Gasteiger charge is -2.36. The third-order valence-electron chi connectivity index (χ3n) is 4.90. The van der Waals surface area contributed by atoms with E-state index in [1.54, 1.807) is 12.3 Å². The highest BCUT2D eigenvalue weighted by Crippen LogP contribution is 2.41. The Balaban J connectivity index is 2.09. The summed E-state index contributed by atoms with van der Waals surface area (Å²) in [6.45, 7) is 5.22. The summed E-state index contributed by atoms with van der Waals surface area (Å²) >= 11 is 0. The number of ketones is 1. The van der Waals surface area contributed by atoms with E-state index in [0.717, 1.165) is 18.9 Å². The van der Waals surface area contributed by atoms with Crippen LogP contribution in [0.2, 0.25) is 0 Å². The number of hydrogen-bond donors (Lipinski definition) is 1. The molecule has 2 aliphatic heterocycles. The van der Waals surface area contributed by atoms with E-state index in [4.69, 9.17) is 0 Å². The molecule has 1 atom stereocenters. The zero-order valence-electron chi connectivity index (χ0n) is 14.5. The molecule has 0 amide bonds. The van der Waals surface area contributed by atoms with Gasteiger partial charge in [-0.25, -0.2) is 0 Å². The van der Waals surface area contributed by atoms with Crippen molar-refractivity contribution < 1.29 is 18.0 Å². The molecule has 0 radical (unpaired) electrons. The Hall–Kier alpha value is -1.82. The average molecular weight is 352 g/mol. The van der Waals surface area contributed by atoms with E-state index < -0.39 is 17.8 Å². The SMILES string of the molecule is CC1(C)CC(=O)C(C(c2ccccc2C(F)(F)F)N2CCCC2)=CN1. The summed E-state index contributed by atoms with van der Waals surface area (Å²) in [7, 11) is 0. The highest BCUT2D eigenvalue weighted by molar-refractivity contribution is 5.98. The standard InChI is InChI=1S/C19H23F3N2O/c1-18(2)11-16(25)14(12-23-18)17(24-9-5-6-10-24)13-7-3-4-8-15(13)19(20,21)22/h3-4,7-8,12,17,23H,5-6,9-11H2,1-2H3. The molecule has 136 valence electrons. The largest absolute Gasteiger partial charge is 0.416 e. The molecule has 1 aromatic carbocycles. The molecule has 1 N–H and O–H groups in total. The predicted molar refractivity (Wildman–Crippen MR) is 89.9 cm³/mol. The topological polar surface area (TPSA) is 32.3 Å². The normalized spacial score (nSPS) is 22.4. The maximum atomic E-state index is 13.5. The van der Waals surface area contributed by atoms with Gasteiger partial charge in [0.2, 0.25) is 0 Å². The number of halogens is 3. The van der Waals surface area contributed by atoms with Crippen molar-refractivity contribution in [2.45, 2.75) is 50.9 Å². The van der Waals surface area contributed by atoms with E-state index in [0.29, 0.717) is 18.7 Å². The zero-order valence-corrected chi connectivity index (χ0v) is 14.5. The Labute approximate surface area is 145 Å². The van der Waals surface area contributed by atoms with Crippen LogP contribution in [0.5, 0.6) is 0 Å². The van der Waals surface area contributed by atoms with Crippen LogP contribution in [-0.4, -0.2) is 29.3 Å². The van der Waals surface area contributed by atoms with Crippen LogP contribution >= 0.6 is 0 Å². The fourth-order valence-corrected chi connectivity index (χ4v) is 3.69. The van der Waals surface area contributed by atoms with E-state index >= 15 is 0 Å². The van der Waals surface area contributed by atoms with Crippen molar-refractivity contribution in [1.82, 2.24) is 10.2 Å². The summed E-state index contributed by atoms with van der Waals surface area (Å²) in [5, 5.41) is 3.18.